The van der Waals surface area contributed by atoms with E-state index in [-0.39, 0.29) is 11.9 Å². The molecule has 0 saturated carbocycles. The maximum absolute atomic E-state index is 12.7. The first-order valence-electron chi connectivity index (χ1n) is 9.20. The van der Waals surface area contributed by atoms with Crippen molar-refractivity contribution in [3.8, 4) is 17.3 Å². The molecule has 0 spiro atoms. The highest BCUT2D eigenvalue weighted by molar-refractivity contribution is 5.95. The first kappa shape index (κ1) is 18.5. The molecule has 0 aliphatic carbocycles. The number of rotatable bonds is 5. The fourth-order valence-electron chi connectivity index (χ4n) is 3.02. The fourth-order valence-corrected chi connectivity index (χ4v) is 3.02. The van der Waals surface area contributed by atoms with Crippen LogP contribution in [0.25, 0.3) is 17.3 Å². The summed E-state index contributed by atoms with van der Waals surface area (Å²) in [5.74, 6) is 1.39. The number of nitrogens with one attached hydrogen (secondary N) is 1. The Balaban J connectivity index is 1.53. The second-order valence-corrected chi connectivity index (χ2v) is 6.71. The van der Waals surface area contributed by atoms with Gasteiger partial charge in [0.25, 0.3) is 11.8 Å². The van der Waals surface area contributed by atoms with E-state index in [1.807, 2.05) is 50.2 Å². The molecule has 0 unspecified atom stereocenters. The first-order chi connectivity index (χ1) is 14.0. The summed E-state index contributed by atoms with van der Waals surface area (Å²) < 4.78 is 6.78. The van der Waals surface area contributed by atoms with E-state index in [0.717, 1.165) is 5.56 Å². The van der Waals surface area contributed by atoms with Gasteiger partial charge in [-0.15, -0.1) is 0 Å². The Hall–Kier alpha value is -3.81. The van der Waals surface area contributed by atoms with Gasteiger partial charge in [0, 0.05) is 6.20 Å². The van der Waals surface area contributed by atoms with E-state index in [9.17, 15) is 4.79 Å². The average Bonchev–Trinajstić information content (AvgIpc) is 3.34. The summed E-state index contributed by atoms with van der Waals surface area (Å²) in [7, 11) is 0. The summed E-state index contributed by atoms with van der Waals surface area (Å²) in [5, 5.41) is 11.1. The number of amides is 1. The summed E-state index contributed by atoms with van der Waals surface area (Å²) in [4.78, 5) is 21.3. The van der Waals surface area contributed by atoms with Crippen LogP contribution in [0.15, 0.2) is 59.4 Å². The Morgan fingerprint density at radius 2 is 1.90 bits per heavy atom. The second-order valence-electron chi connectivity index (χ2n) is 6.71. The predicted octanol–water partition coefficient (Wildman–Crippen LogP) is 3.43. The zero-order valence-corrected chi connectivity index (χ0v) is 16.3. The molecule has 1 atom stereocenters. The number of hydrogen-bond donors (Lipinski definition) is 1. The van der Waals surface area contributed by atoms with Crippen LogP contribution in [0.1, 0.15) is 40.4 Å². The highest BCUT2D eigenvalue weighted by atomic mass is 16.5. The van der Waals surface area contributed by atoms with Gasteiger partial charge >= 0.3 is 0 Å². The van der Waals surface area contributed by atoms with E-state index in [1.54, 1.807) is 30.1 Å². The van der Waals surface area contributed by atoms with Crippen molar-refractivity contribution in [2.45, 2.75) is 26.8 Å². The maximum atomic E-state index is 12.7. The van der Waals surface area contributed by atoms with Crippen LogP contribution in [0.4, 0.5) is 0 Å². The number of aromatic nitrogens is 5. The molecule has 146 valence electrons. The molecule has 1 N–H and O–H groups in total. The molecule has 8 heteroatoms. The van der Waals surface area contributed by atoms with Crippen LogP contribution >= 0.6 is 0 Å². The number of benzene rings is 1. The van der Waals surface area contributed by atoms with Gasteiger partial charge in [0.1, 0.15) is 0 Å². The van der Waals surface area contributed by atoms with E-state index < -0.39 is 0 Å². The second kappa shape index (κ2) is 7.67. The first-order valence-corrected chi connectivity index (χ1v) is 9.20. The molecule has 0 aliphatic heterocycles. The summed E-state index contributed by atoms with van der Waals surface area (Å²) >= 11 is 0. The third kappa shape index (κ3) is 3.77. The molecule has 0 radical (unpaired) electrons. The molecule has 0 saturated heterocycles. The smallest absolute Gasteiger partial charge is 0.259 e. The van der Waals surface area contributed by atoms with Crippen molar-refractivity contribution in [2.75, 3.05) is 0 Å². The standard InChI is InChI=1S/C21H20N6O2/c1-13(16-7-5-4-6-8-16)24-20(28)18-12-23-27(14(18)2)19-10-9-17(11-22-19)21-25-15(3)26-29-21/h4-13H,1-3H3,(H,24,28)/t13-/m0/s1. The van der Waals surface area contributed by atoms with Gasteiger partial charge in [-0.2, -0.15) is 10.1 Å². The number of nitrogens with zero attached hydrogens (tertiary/aromatic N) is 5. The Bertz CT molecular complexity index is 1130. The van der Waals surface area contributed by atoms with Gasteiger partial charge < -0.3 is 9.84 Å². The molecular formula is C21H20N6O2. The largest absolute Gasteiger partial charge is 0.345 e. The normalized spacial score (nSPS) is 12.0. The van der Waals surface area contributed by atoms with Gasteiger partial charge in [0.05, 0.1) is 29.1 Å². The van der Waals surface area contributed by atoms with Crippen LogP contribution in [0.5, 0.6) is 0 Å². The van der Waals surface area contributed by atoms with E-state index in [4.69, 9.17) is 4.52 Å². The molecule has 4 aromatic rings. The quantitative estimate of drug-likeness (QED) is 0.562. The van der Waals surface area contributed by atoms with Crippen molar-refractivity contribution < 1.29 is 9.32 Å². The number of aryl methyl sites for hydroxylation is 1. The van der Waals surface area contributed by atoms with Crippen molar-refractivity contribution in [1.82, 2.24) is 30.2 Å². The Morgan fingerprint density at radius 3 is 2.55 bits per heavy atom. The maximum Gasteiger partial charge on any atom is 0.259 e. The van der Waals surface area contributed by atoms with Crippen molar-refractivity contribution in [3.63, 3.8) is 0 Å². The minimum absolute atomic E-state index is 0.110. The van der Waals surface area contributed by atoms with Crippen molar-refractivity contribution >= 4 is 5.91 Å². The van der Waals surface area contributed by atoms with Gasteiger partial charge in [-0.05, 0) is 38.5 Å². The molecule has 0 bridgehead atoms. The van der Waals surface area contributed by atoms with Crippen LogP contribution in [-0.2, 0) is 0 Å². The van der Waals surface area contributed by atoms with Crippen LogP contribution in [0.3, 0.4) is 0 Å². The Labute approximate surface area is 167 Å². The van der Waals surface area contributed by atoms with Gasteiger partial charge in [-0.25, -0.2) is 9.67 Å². The van der Waals surface area contributed by atoms with Crippen molar-refractivity contribution in [1.29, 1.82) is 0 Å². The highest BCUT2D eigenvalue weighted by Crippen LogP contribution is 2.19. The fraction of sp³-hybridized carbons (Fsp3) is 0.190. The minimum atomic E-state index is -0.178. The van der Waals surface area contributed by atoms with Crippen LogP contribution in [0.2, 0.25) is 0 Å². The lowest BCUT2D eigenvalue weighted by Gasteiger charge is -2.14. The number of carbonyl (C=O) groups is 1. The molecule has 1 amide bonds. The van der Waals surface area contributed by atoms with E-state index in [2.05, 4.69) is 25.5 Å². The summed E-state index contributed by atoms with van der Waals surface area (Å²) in [6, 6.07) is 13.3. The topological polar surface area (TPSA) is 98.7 Å². The van der Waals surface area contributed by atoms with Gasteiger partial charge in [-0.3, -0.25) is 4.79 Å². The average molecular weight is 388 g/mol. The highest BCUT2D eigenvalue weighted by Gasteiger charge is 2.18. The summed E-state index contributed by atoms with van der Waals surface area (Å²) in [5.41, 5.74) is 2.97. The van der Waals surface area contributed by atoms with Gasteiger partial charge in [-0.1, -0.05) is 35.5 Å². The summed E-state index contributed by atoms with van der Waals surface area (Å²) in [6.07, 6.45) is 3.19. The van der Waals surface area contributed by atoms with Gasteiger partial charge in [0.2, 0.25) is 0 Å². The number of hydrogen-bond acceptors (Lipinski definition) is 6. The van der Waals surface area contributed by atoms with Crippen molar-refractivity contribution in [2.24, 2.45) is 0 Å². The molecule has 1 aromatic carbocycles. The SMILES string of the molecule is Cc1noc(-c2ccc(-n3ncc(C(=O)N[C@@H](C)c4ccccc4)c3C)nc2)n1. The van der Waals surface area contributed by atoms with E-state index in [1.165, 1.54) is 0 Å². The number of pyridine rings is 1. The number of carbonyl (C=O) groups excluding carboxylic acids is 1. The Morgan fingerprint density at radius 1 is 1.10 bits per heavy atom. The lowest BCUT2D eigenvalue weighted by molar-refractivity contribution is 0.0939. The summed E-state index contributed by atoms with van der Waals surface area (Å²) in [6.45, 7) is 5.55. The third-order valence-corrected chi connectivity index (χ3v) is 4.64. The molecule has 0 fully saturated rings. The zero-order chi connectivity index (χ0) is 20.4. The zero-order valence-electron chi connectivity index (χ0n) is 16.3. The van der Waals surface area contributed by atoms with Crippen LogP contribution in [0, 0.1) is 13.8 Å². The third-order valence-electron chi connectivity index (χ3n) is 4.64. The monoisotopic (exact) mass is 388 g/mol. The molecule has 0 aliphatic rings. The lowest BCUT2D eigenvalue weighted by Crippen LogP contribution is -2.27. The van der Waals surface area contributed by atoms with Crippen molar-refractivity contribution in [3.05, 3.63) is 77.5 Å². The molecule has 4 rings (SSSR count). The van der Waals surface area contributed by atoms with Crippen LogP contribution < -0.4 is 5.32 Å². The minimum Gasteiger partial charge on any atom is -0.345 e. The predicted molar refractivity (Wildman–Crippen MR) is 106 cm³/mol. The molecule has 29 heavy (non-hydrogen) atoms. The molecule has 3 heterocycles. The van der Waals surface area contributed by atoms with E-state index >= 15 is 0 Å². The Kier molecular flexibility index (Phi) is 4.90. The lowest BCUT2D eigenvalue weighted by atomic mass is 10.1. The van der Waals surface area contributed by atoms with E-state index in [0.29, 0.717) is 34.4 Å². The van der Waals surface area contributed by atoms with Crippen LogP contribution in [-0.4, -0.2) is 30.8 Å². The molecule has 8 nitrogen and oxygen atoms in total. The van der Waals surface area contributed by atoms with Gasteiger partial charge in [0.15, 0.2) is 11.6 Å². The molecular weight excluding hydrogens is 368 g/mol. The molecule has 3 aromatic heterocycles.